The van der Waals surface area contributed by atoms with Gasteiger partial charge < -0.3 is 9.52 Å². The van der Waals surface area contributed by atoms with Crippen molar-refractivity contribution >= 4 is 21.4 Å². The van der Waals surface area contributed by atoms with Gasteiger partial charge in [0.25, 0.3) is 0 Å². The molecular weight excluding hydrogens is 372 g/mol. The third-order valence-electron chi connectivity index (χ3n) is 4.95. The number of rotatable bonds is 6. The molecule has 1 aliphatic heterocycles. The highest BCUT2D eigenvalue weighted by atomic mass is 32.2. The number of likely N-dealkylation sites (tertiary alicyclic amines) is 1. The monoisotopic (exact) mass is 398 g/mol. The smallest absolute Gasteiger partial charge is 0.211 e. The molecule has 1 N–H and O–H groups in total. The maximum Gasteiger partial charge on any atom is 0.211 e. The van der Waals surface area contributed by atoms with Crippen LogP contribution >= 0.6 is 11.3 Å². The Morgan fingerprint density at radius 1 is 1.35 bits per heavy atom. The Bertz CT molecular complexity index is 843. The summed E-state index contributed by atoms with van der Waals surface area (Å²) in [5.74, 6) is 1.62. The van der Waals surface area contributed by atoms with E-state index in [2.05, 4.69) is 23.3 Å². The van der Waals surface area contributed by atoms with Crippen LogP contribution in [0.25, 0.3) is 0 Å². The van der Waals surface area contributed by atoms with E-state index in [1.54, 1.807) is 11.3 Å². The molecule has 6 nitrogen and oxygen atoms in total. The normalized spacial score (nSPS) is 22.2. The van der Waals surface area contributed by atoms with E-state index in [-0.39, 0.29) is 18.6 Å². The van der Waals surface area contributed by atoms with Crippen LogP contribution in [0.5, 0.6) is 0 Å². The summed E-state index contributed by atoms with van der Waals surface area (Å²) in [4.78, 5) is 3.48. The summed E-state index contributed by atoms with van der Waals surface area (Å²) in [5.41, 5.74) is 1.26. The first-order valence-corrected chi connectivity index (χ1v) is 11.4. The lowest BCUT2D eigenvalue weighted by molar-refractivity contribution is 0.0453. The second kappa shape index (κ2) is 7.82. The number of aliphatic hydroxyl groups excluding tert-OH is 1. The predicted molar refractivity (Wildman–Crippen MR) is 103 cm³/mol. The quantitative estimate of drug-likeness (QED) is 0.809. The molecule has 2 aromatic heterocycles. The molecule has 144 valence electrons. The zero-order chi connectivity index (χ0) is 18.9. The highest BCUT2D eigenvalue weighted by Gasteiger charge is 2.30. The van der Waals surface area contributed by atoms with Gasteiger partial charge in [-0.3, -0.25) is 4.90 Å². The summed E-state index contributed by atoms with van der Waals surface area (Å²) in [7, 11) is -1.69. The third kappa shape index (κ3) is 4.55. The van der Waals surface area contributed by atoms with Gasteiger partial charge in [-0.05, 0) is 49.0 Å². The molecule has 0 spiro atoms. The number of hydrogen-bond donors (Lipinski definition) is 1. The predicted octanol–water partition coefficient (Wildman–Crippen LogP) is 2.39. The fourth-order valence-corrected chi connectivity index (χ4v) is 4.84. The number of sulfonamides is 1. The van der Waals surface area contributed by atoms with Gasteiger partial charge in [-0.15, -0.1) is 11.3 Å². The summed E-state index contributed by atoms with van der Waals surface area (Å²) in [6, 6.07) is 5.81. The van der Waals surface area contributed by atoms with Crippen molar-refractivity contribution < 1.29 is 17.9 Å². The van der Waals surface area contributed by atoms with Crippen LogP contribution in [-0.2, 0) is 23.1 Å². The van der Waals surface area contributed by atoms with Crippen LogP contribution in [0.2, 0.25) is 0 Å². The van der Waals surface area contributed by atoms with Gasteiger partial charge in [0.1, 0.15) is 11.5 Å². The first-order valence-electron chi connectivity index (χ1n) is 8.67. The van der Waals surface area contributed by atoms with Crippen molar-refractivity contribution in [1.82, 2.24) is 9.21 Å². The highest BCUT2D eigenvalue weighted by Crippen LogP contribution is 2.34. The molecule has 0 bridgehead atoms. The van der Waals surface area contributed by atoms with Gasteiger partial charge in [-0.2, -0.15) is 4.31 Å². The highest BCUT2D eigenvalue weighted by molar-refractivity contribution is 7.88. The minimum atomic E-state index is -3.23. The van der Waals surface area contributed by atoms with E-state index in [1.165, 1.54) is 28.0 Å². The van der Waals surface area contributed by atoms with E-state index in [4.69, 9.17) is 4.42 Å². The number of aliphatic hydroxyl groups is 1. The van der Waals surface area contributed by atoms with Crippen LogP contribution in [0.15, 0.2) is 28.0 Å². The van der Waals surface area contributed by atoms with Crippen LogP contribution in [0.4, 0.5) is 0 Å². The number of piperidine rings is 1. The summed E-state index contributed by atoms with van der Waals surface area (Å²) in [6.07, 6.45) is 1.72. The molecule has 0 unspecified atom stereocenters. The van der Waals surface area contributed by atoms with Crippen LogP contribution in [0.3, 0.4) is 0 Å². The summed E-state index contributed by atoms with van der Waals surface area (Å²) < 4.78 is 30.0. The number of furan rings is 1. The van der Waals surface area contributed by atoms with Gasteiger partial charge in [0, 0.05) is 24.4 Å². The molecule has 0 aliphatic carbocycles. The molecule has 8 heteroatoms. The summed E-state index contributed by atoms with van der Waals surface area (Å²) >= 11 is 1.73. The molecule has 1 saturated heterocycles. The number of hydrogen-bond acceptors (Lipinski definition) is 6. The molecule has 1 fully saturated rings. The summed E-state index contributed by atoms with van der Waals surface area (Å²) in [5, 5.41) is 12.7. The number of aryl methyl sites for hydroxylation is 1. The maximum atomic E-state index is 11.5. The Labute approximate surface area is 159 Å². The Hall–Kier alpha value is -1.19. The zero-order valence-corrected chi connectivity index (χ0v) is 17.0. The van der Waals surface area contributed by atoms with Crippen LogP contribution < -0.4 is 0 Å². The molecule has 2 aromatic rings. The fourth-order valence-electron chi connectivity index (χ4n) is 3.36. The van der Waals surface area contributed by atoms with Gasteiger partial charge in [-0.1, -0.05) is 0 Å². The number of nitrogens with zero attached hydrogens (tertiary/aromatic N) is 2. The molecule has 1 aliphatic rings. The SMILES string of the molecule is Cc1ccsc1[C@@H]1CCN(Cc2ccc(CN(C)S(C)(=O)=O)o2)C[C@H]1O. The molecule has 0 amide bonds. The molecule has 3 rings (SSSR count). The Morgan fingerprint density at radius 3 is 2.69 bits per heavy atom. The lowest BCUT2D eigenvalue weighted by atomic mass is 9.90. The van der Waals surface area contributed by atoms with Gasteiger partial charge in [0.15, 0.2) is 0 Å². The van der Waals surface area contributed by atoms with Crippen molar-refractivity contribution in [1.29, 1.82) is 0 Å². The van der Waals surface area contributed by atoms with Crippen molar-refractivity contribution in [2.75, 3.05) is 26.4 Å². The minimum Gasteiger partial charge on any atom is -0.463 e. The van der Waals surface area contributed by atoms with Gasteiger partial charge in [0.05, 0.1) is 25.4 Å². The Morgan fingerprint density at radius 2 is 2.08 bits per heavy atom. The molecule has 2 atom stereocenters. The van der Waals surface area contributed by atoms with E-state index in [0.717, 1.165) is 18.7 Å². The lowest BCUT2D eigenvalue weighted by Crippen LogP contribution is -2.42. The fraction of sp³-hybridized carbons (Fsp3) is 0.556. The van der Waals surface area contributed by atoms with E-state index in [1.807, 2.05) is 12.1 Å². The average Bonchev–Trinajstić information content (AvgIpc) is 3.16. The van der Waals surface area contributed by atoms with E-state index < -0.39 is 10.0 Å². The zero-order valence-electron chi connectivity index (χ0n) is 15.4. The molecule has 0 radical (unpaired) electrons. The average molecular weight is 399 g/mol. The van der Waals surface area contributed by atoms with Gasteiger partial charge >= 0.3 is 0 Å². The van der Waals surface area contributed by atoms with Crippen LogP contribution in [-0.4, -0.2) is 55.2 Å². The van der Waals surface area contributed by atoms with Crippen LogP contribution in [0, 0.1) is 6.92 Å². The molecule has 0 saturated carbocycles. The van der Waals surface area contributed by atoms with Gasteiger partial charge in [-0.25, -0.2) is 8.42 Å². The summed E-state index contributed by atoms with van der Waals surface area (Å²) in [6.45, 7) is 4.46. The largest absolute Gasteiger partial charge is 0.463 e. The standard InChI is InChI=1S/C18H26N2O4S2/c1-13-7-9-25-18(13)16-6-8-20(12-17(16)21)11-15-5-4-14(24-15)10-19(2)26(3,22)23/h4-5,7,9,16-17,21H,6,8,10-12H2,1-3H3/t16-,17-/m1/s1. The van der Waals surface area contributed by atoms with E-state index >= 15 is 0 Å². The number of β-amino-alcohol motifs (C(OH)–C–C–N with tert-alkyl or cyclic N) is 1. The van der Waals surface area contributed by atoms with E-state index in [9.17, 15) is 13.5 Å². The van der Waals surface area contributed by atoms with E-state index in [0.29, 0.717) is 18.8 Å². The number of thiophene rings is 1. The maximum absolute atomic E-state index is 11.5. The second-order valence-electron chi connectivity index (χ2n) is 7.05. The van der Waals surface area contributed by atoms with Crippen molar-refractivity contribution in [2.45, 2.75) is 38.5 Å². The van der Waals surface area contributed by atoms with Crippen molar-refractivity contribution in [3.63, 3.8) is 0 Å². The van der Waals surface area contributed by atoms with Crippen molar-refractivity contribution in [3.8, 4) is 0 Å². The van der Waals surface area contributed by atoms with Crippen molar-refractivity contribution in [3.05, 3.63) is 45.5 Å². The Kier molecular flexibility index (Phi) is 5.88. The first-order chi connectivity index (χ1) is 12.2. The molecule has 26 heavy (non-hydrogen) atoms. The molecule has 0 aromatic carbocycles. The van der Waals surface area contributed by atoms with Crippen molar-refractivity contribution in [2.24, 2.45) is 0 Å². The second-order valence-corrected chi connectivity index (χ2v) is 10.1. The third-order valence-corrected chi connectivity index (χ3v) is 7.36. The first kappa shape index (κ1) is 19.6. The van der Waals surface area contributed by atoms with Gasteiger partial charge in [0.2, 0.25) is 10.0 Å². The van der Waals surface area contributed by atoms with Crippen LogP contribution in [0.1, 0.15) is 34.3 Å². The molecular formula is C18H26N2O4S2. The Balaban J connectivity index is 1.57. The minimum absolute atomic E-state index is 0.210. The molecule has 3 heterocycles. The lowest BCUT2D eigenvalue weighted by Gasteiger charge is -2.35. The topological polar surface area (TPSA) is 74.0 Å².